The van der Waals surface area contributed by atoms with Crippen molar-refractivity contribution in [3.63, 3.8) is 0 Å². The Morgan fingerprint density at radius 1 is 0.588 bits per heavy atom. The van der Waals surface area contributed by atoms with E-state index in [0.29, 0.717) is 0 Å². The predicted molar refractivity (Wildman–Crippen MR) is 90.8 cm³/mol. The molecule has 5 saturated heterocycles. The minimum atomic E-state index is -2.43. The molecule has 5 aliphatic heterocycles. The standard InChI is InChI=1S/C8H6N16O10/c9-13-11-7(25)15-1-2-16(8(26)12-14-10)4-3(15)19(23(31)32)6(20(4)24(33)34)5(17(1)21(27)28)18(2)22(29)30/h1-6H. The average Bonchev–Trinajstić information content (AvgIpc) is 3.17. The first kappa shape index (κ1) is 21.6. The van der Waals surface area contributed by atoms with Crippen LogP contribution >= 0.6 is 0 Å². The Labute approximate surface area is 181 Å². The van der Waals surface area contributed by atoms with Crippen molar-refractivity contribution in [1.82, 2.24) is 29.8 Å². The molecule has 4 amide bonds. The molecule has 5 aliphatic rings. The number of carbonyl (C=O) groups excluding carboxylic acids is 2. The van der Waals surface area contributed by atoms with E-state index < -0.39 is 69.2 Å². The van der Waals surface area contributed by atoms with Crippen LogP contribution in [0.15, 0.2) is 10.2 Å². The van der Waals surface area contributed by atoms with Crippen molar-refractivity contribution in [2.24, 2.45) is 10.2 Å². The number of rotatable bonds is 4. The zero-order chi connectivity index (χ0) is 25.2. The number of nitrogens with zero attached hydrogens (tertiary/aromatic N) is 16. The Kier molecular flexibility index (Phi) is 4.40. The SMILES string of the molecule is [N-]=[N+]=NC(=O)N1C2C3N(C(=O)N=[N+]=[N-])C4C1N([N+](=O)[O-])C(C(N2[N+](=O)[O-])N3[N+](=O)[O-])N4[N+](=O)[O-]. The summed E-state index contributed by atoms with van der Waals surface area (Å²) in [5, 5.41) is 47.6. The summed E-state index contributed by atoms with van der Waals surface area (Å²) in [6.07, 6.45) is -13.8. The van der Waals surface area contributed by atoms with Gasteiger partial charge in [-0.05, 0) is 11.1 Å². The summed E-state index contributed by atoms with van der Waals surface area (Å²) in [4.78, 5) is 77.7. The van der Waals surface area contributed by atoms with Gasteiger partial charge in [0.1, 0.15) is 0 Å². The number of hydrogen-bond acceptors (Lipinski definition) is 10. The molecule has 0 saturated carbocycles. The van der Waals surface area contributed by atoms with Crippen molar-refractivity contribution in [1.29, 1.82) is 0 Å². The Bertz CT molecular complexity index is 1000. The topological polar surface area (TPSA) is 324 Å². The molecule has 0 spiro atoms. The molecule has 6 bridgehead atoms. The van der Waals surface area contributed by atoms with E-state index in [9.17, 15) is 50.0 Å². The summed E-state index contributed by atoms with van der Waals surface area (Å²) < 4.78 is 0. The minimum absolute atomic E-state index is 0.0817. The zero-order valence-electron chi connectivity index (χ0n) is 15.7. The van der Waals surface area contributed by atoms with Crippen LogP contribution in [0.3, 0.4) is 0 Å². The molecule has 5 rings (SSSR count). The highest BCUT2D eigenvalue weighted by atomic mass is 16.7. The average molecular weight is 486 g/mol. The molecule has 4 unspecified atom stereocenters. The molecular weight excluding hydrogens is 480 g/mol. The van der Waals surface area contributed by atoms with Crippen molar-refractivity contribution in [2.45, 2.75) is 37.0 Å². The van der Waals surface area contributed by atoms with Gasteiger partial charge in [-0.15, -0.1) is 0 Å². The second kappa shape index (κ2) is 6.93. The van der Waals surface area contributed by atoms with Gasteiger partial charge < -0.3 is 0 Å². The molecule has 26 heteroatoms. The summed E-state index contributed by atoms with van der Waals surface area (Å²) in [7, 11) is 0. The highest BCUT2D eigenvalue weighted by molar-refractivity contribution is 5.79. The van der Waals surface area contributed by atoms with E-state index in [1.165, 1.54) is 0 Å². The van der Waals surface area contributed by atoms with Crippen LogP contribution in [0.1, 0.15) is 0 Å². The predicted octanol–water partition coefficient (Wildman–Crippen LogP) is -1.56. The first-order valence-electron chi connectivity index (χ1n) is 8.46. The number of piperazine rings is 1. The van der Waals surface area contributed by atoms with Crippen LogP contribution in [0, 0.1) is 40.5 Å². The van der Waals surface area contributed by atoms with E-state index >= 15 is 0 Å². The fraction of sp³-hybridized carbons (Fsp3) is 0.750. The fourth-order valence-corrected chi connectivity index (χ4v) is 4.76. The molecule has 0 aromatic rings. The summed E-state index contributed by atoms with van der Waals surface area (Å²) in [5.41, 5.74) is 17.3. The van der Waals surface area contributed by atoms with Gasteiger partial charge in [-0.1, -0.05) is 20.0 Å². The number of urea groups is 2. The normalized spacial score (nSPS) is 30.0. The maximum absolute atomic E-state index is 12.6. The molecule has 5 heterocycles. The number of hydrogen-bond donors (Lipinski definition) is 0. The van der Waals surface area contributed by atoms with Crippen LogP contribution in [-0.2, 0) is 0 Å². The van der Waals surface area contributed by atoms with E-state index in [2.05, 4.69) is 20.1 Å². The second-order valence-corrected chi connectivity index (χ2v) is 6.71. The molecule has 34 heavy (non-hydrogen) atoms. The monoisotopic (exact) mass is 486 g/mol. The highest BCUT2D eigenvalue weighted by Crippen LogP contribution is 2.51. The quantitative estimate of drug-likeness (QED) is 0.142. The first-order valence-corrected chi connectivity index (χ1v) is 8.46. The van der Waals surface area contributed by atoms with Crippen molar-refractivity contribution in [3.05, 3.63) is 61.3 Å². The third kappa shape index (κ3) is 2.38. The Morgan fingerprint density at radius 3 is 1.00 bits per heavy atom. The highest BCUT2D eigenvalue weighted by Gasteiger charge is 2.85. The smallest absolute Gasteiger partial charge is 0.278 e. The third-order valence-electron chi connectivity index (χ3n) is 5.56. The van der Waals surface area contributed by atoms with Gasteiger partial charge in [-0.3, -0.25) is 19.4 Å². The van der Waals surface area contributed by atoms with E-state index in [-0.39, 0.29) is 29.8 Å². The van der Waals surface area contributed by atoms with E-state index in [0.717, 1.165) is 0 Å². The lowest BCUT2D eigenvalue weighted by molar-refractivity contribution is -0.746. The van der Waals surface area contributed by atoms with Crippen LogP contribution in [0.25, 0.3) is 20.9 Å². The zero-order valence-corrected chi connectivity index (χ0v) is 15.7. The summed E-state index contributed by atoms with van der Waals surface area (Å²) in [6.45, 7) is 0. The molecule has 26 nitrogen and oxygen atoms in total. The van der Waals surface area contributed by atoms with Gasteiger partial charge >= 0.3 is 12.1 Å². The molecule has 0 aromatic carbocycles. The van der Waals surface area contributed by atoms with Crippen molar-refractivity contribution < 1.29 is 29.7 Å². The lowest BCUT2D eigenvalue weighted by atomic mass is 10.1. The number of nitro groups is 4. The van der Waals surface area contributed by atoms with Gasteiger partial charge in [0.15, 0.2) is 20.1 Å². The van der Waals surface area contributed by atoms with Gasteiger partial charge in [-0.25, -0.2) is 40.5 Å². The van der Waals surface area contributed by atoms with Gasteiger partial charge in [-0.2, -0.15) is 0 Å². The summed E-state index contributed by atoms with van der Waals surface area (Å²) in [5.74, 6) is 0. The molecule has 178 valence electrons. The molecule has 0 radical (unpaired) electrons. The van der Waals surface area contributed by atoms with Crippen LogP contribution in [0.2, 0.25) is 0 Å². The fourth-order valence-electron chi connectivity index (χ4n) is 4.76. The lowest BCUT2D eigenvalue weighted by Gasteiger charge is -2.47. The summed E-state index contributed by atoms with van der Waals surface area (Å²) >= 11 is 0. The van der Waals surface area contributed by atoms with Gasteiger partial charge in [0, 0.05) is 20.1 Å². The lowest BCUT2D eigenvalue weighted by Crippen LogP contribution is -2.76. The van der Waals surface area contributed by atoms with Crippen molar-refractivity contribution in [3.8, 4) is 0 Å². The Hall–Kier alpha value is -5.64. The van der Waals surface area contributed by atoms with Crippen LogP contribution < -0.4 is 0 Å². The van der Waals surface area contributed by atoms with E-state index in [4.69, 9.17) is 11.1 Å². The molecule has 5 fully saturated rings. The molecule has 0 aromatic heterocycles. The van der Waals surface area contributed by atoms with E-state index in [1.54, 1.807) is 0 Å². The molecule has 0 N–H and O–H groups in total. The van der Waals surface area contributed by atoms with Crippen LogP contribution in [-0.4, -0.2) is 99.0 Å². The molecule has 4 atom stereocenters. The first-order chi connectivity index (χ1) is 16.0. The maximum atomic E-state index is 12.6. The second-order valence-electron chi connectivity index (χ2n) is 6.71. The van der Waals surface area contributed by atoms with Gasteiger partial charge in [0.2, 0.25) is 24.7 Å². The molecule has 0 aliphatic carbocycles. The summed E-state index contributed by atoms with van der Waals surface area (Å²) in [6, 6.07) is -3.45. The number of hydrazine groups is 4. The third-order valence-corrected chi connectivity index (χ3v) is 5.56. The van der Waals surface area contributed by atoms with E-state index in [1.807, 2.05) is 0 Å². The Morgan fingerprint density at radius 2 is 0.824 bits per heavy atom. The Balaban J connectivity index is 2.14. The van der Waals surface area contributed by atoms with Crippen molar-refractivity contribution >= 4 is 12.1 Å². The van der Waals surface area contributed by atoms with Crippen LogP contribution in [0.5, 0.6) is 0 Å². The van der Waals surface area contributed by atoms with Crippen LogP contribution in [0.4, 0.5) is 9.59 Å². The van der Waals surface area contributed by atoms with Crippen molar-refractivity contribution in [2.75, 3.05) is 0 Å². The number of amides is 4. The largest absolute Gasteiger partial charge is 0.314 e. The van der Waals surface area contributed by atoms with Gasteiger partial charge in [0.05, 0.1) is 0 Å². The van der Waals surface area contributed by atoms with Gasteiger partial charge in [0.25, 0.3) is 12.3 Å². The molecular formula is C8H6N16O10. The number of carbonyl (C=O) groups is 2. The minimum Gasteiger partial charge on any atom is -0.278 e. The maximum Gasteiger partial charge on any atom is 0.314 e. The number of azide groups is 2.